The average molecular weight is 360 g/mol. The van der Waals surface area contributed by atoms with Crippen LogP contribution < -0.4 is 5.32 Å². The molecule has 0 spiro atoms. The molecule has 1 aliphatic heterocycles. The van der Waals surface area contributed by atoms with Gasteiger partial charge in [-0.25, -0.2) is 4.98 Å². The molecule has 4 aromatic rings. The second kappa shape index (κ2) is 6.19. The molecule has 4 heteroatoms. The third kappa shape index (κ3) is 2.56. The van der Waals surface area contributed by atoms with E-state index in [9.17, 15) is 0 Å². The smallest absolute Gasteiger partial charge is 0.204 e. The predicted molar refractivity (Wildman–Crippen MR) is 107 cm³/mol. The summed E-state index contributed by atoms with van der Waals surface area (Å²) in [6, 6.07) is 27.5. The number of nitrogens with one attached hydrogen (secondary N) is 1. The van der Waals surface area contributed by atoms with Gasteiger partial charge in [0.2, 0.25) is 5.95 Å². The first-order valence-corrected chi connectivity index (χ1v) is 9.21. The zero-order chi connectivity index (χ0) is 17.5. The molecule has 128 valence electrons. The number of para-hydroxylation sites is 2. The van der Waals surface area contributed by atoms with Crippen LogP contribution in [-0.4, -0.2) is 9.55 Å². The van der Waals surface area contributed by atoms with Crippen LogP contribution in [-0.2, 0) is 0 Å². The topological polar surface area (TPSA) is 29.9 Å². The normalized spacial score (nSPS) is 19.1. The van der Waals surface area contributed by atoms with Crippen molar-refractivity contribution in [2.75, 3.05) is 5.32 Å². The Bertz CT molecular complexity index is 1050. The van der Waals surface area contributed by atoms with Crippen LogP contribution in [0.1, 0.15) is 29.6 Å². The molecular weight excluding hydrogens is 342 g/mol. The minimum Gasteiger partial charge on any atom is -0.349 e. The van der Waals surface area contributed by atoms with Crippen molar-refractivity contribution in [1.82, 2.24) is 9.55 Å². The van der Waals surface area contributed by atoms with Gasteiger partial charge in [0.05, 0.1) is 23.1 Å². The van der Waals surface area contributed by atoms with Crippen molar-refractivity contribution in [3.8, 4) is 0 Å². The Kier molecular flexibility index (Phi) is 3.68. The number of hydrogen-bond donors (Lipinski definition) is 1. The maximum atomic E-state index is 6.12. The highest BCUT2D eigenvalue weighted by atomic mass is 35.5. The SMILES string of the molecule is Clc1ccc([C@@H]2C[C@H](c3ccccc3)Nc3nc4ccccc4n32)cc1. The Morgan fingerprint density at radius 1 is 0.846 bits per heavy atom. The quantitative estimate of drug-likeness (QED) is 0.487. The van der Waals surface area contributed by atoms with E-state index < -0.39 is 0 Å². The van der Waals surface area contributed by atoms with Crippen LogP contribution in [0, 0.1) is 0 Å². The summed E-state index contributed by atoms with van der Waals surface area (Å²) >= 11 is 6.12. The van der Waals surface area contributed by atoms with Crippen molar-refractivity contribution < 1.29 is 0 Å². The summed E-state index contributed by atoms with van der Waals surface area (Å²) in [4.78, 5) is 4.85. The van der Waals surface area contributed by atoms with E-state index in [0.717, 1.165) is 28.4 Å². The van der Waals surface area contributed by atoms with Crippen molar-refractivity contribution in [3.05, 3.63) is 95.0 Å². The van der Waals surface area contributed by atoms with Crippen LogP contribution in [0.25, 0.3) is 11.0 Å². The lowest BCUT2D eigenvalue weighted by molar-refractivity contribution is 0.477. The van der Waals surface area contributed by atoms with Gasteiger partial charge in [0.25, 0.3) is 0 Å². The Labute approximate surface area is 157 Å². The minimum absolute atomic E-state index is 0.209. The fraction of sp³-hybridized carbons (Fsp3) is 0.136. The number of benzene rings is 3. The molecule has 0 bridgehead atoms. The van der Waals surface area contributed by atoms with Gasteiger partial charge in [-0.1, -0.05) is 66.2 Å². The van der Waals surface area contributed by atoms with Gasteiger partial charge in [0, 0.05) is 5.02 Å². The van der Waals surface area contributed by atoms with Crippen LogP contribution >= 0.6 is 11.6 Å². The summed E-state index contributed by atoms with van der Waals surface area (Å²) in [7, 11) is 0. The van der Waals surface area contributed by atoms with Crippen LogP contribution in [0.5, 0.6) is 0 Å². The molecule has 26 heavy (non-hydrogen) atoms. The summed E-state index contributed by atoms with van der Waals surface area (Å²) in [6.45, 7) is 0. The van der Waals surface area contributed by atoms with Crippen molar-refractivity contribution >= 4 is 28.6 Å². The molecule has 3 aromatic carbocycles. The third-order valence-corrected chi connectivity index (χ3v) is 5.38. The number of halogens is 1. The molecule has 5 rings (SSSR count). The first kappa shape index (κ1) is 15.5. The molecule has 0 unspecified atom stereocenters. The molecule has 1 aliphatic rings. The molecule has 2 heterocycles. The van der Waals surface area contributed by atoms with Crippen molar-refractivity contribution in [3.63, 3.8) is 0 Å². The lowest BCUT2D eigenvalue weighted by atomic mass is 9.93. The molecule has 0 saturated carbocycles. The molecule has 0 saturated heterocycles. The largest absolute Gasteiger partial charge is 0.349 e. The third-order valence-electron chi connectivity index (χ3n) is 5.13. The molecular formula is C22H18ClN3. The van der Waals surface area contributed by atoms with Gasteiger partial charge in [-0.3, -0.25) is 0 Å². The van der Waals surface area contributed by atoms with Crippen LogP contribution in [0.3, 0.4) is 0 Å². The molecule has 1 aromatic heterocycles. The van der Waals surface area contributed by atoms with Crippen molar-refractivity contribution in [2.45, 2.75) is 18.5 Å². The predicted octanol–water partition coefficient (Wildman–Crippen LogP) is 5.84. The summed E-state index contributed by atoms with van der Waals surface area (Å²) in [5.74, 6) is 0.922. The highest BCUT2D eigenvalue weighted by molar-refractivity contribution is 6.30. The number of nitrogens with zero attached hydrogens (tertiary/aromatic N) is 2. The maximum Gasteiger partial charge on any atom is 0.204 e. The van der Waals surface area contributed by atoms with Gasteiger partial charge in [-0.05, 0) is 41.8 Å². The van der Waals surface area contributed by atoms with E-state index >= 15 is 0 Å². The number of imidazole rings is 1. The van der Waals surface area contributed by atoms with E-state index in [4.69, 9.17) is 16.6 Å². The Morgan fingerprint density at radius 2 is 1.58 bits per heavy atom. The Morgan fingerprint density at radius 3 is 2.38 bits per heavy atom. The molecule has 0 radical (unpaired) electrons. The highest BCUT2D eigenvalue weighted by Crippen LogP contribution is 2.41. The Balaban J connectivity index is 1.67. The molecule has 0 fully saturated rings. The second-order valence-electron chi connectivity index (χ2n) is 6.70. The summed E-state index contributed by atoms with van der Waals surface area (Å²) in [6.07, 6.45) is 0.957. The van der Waals surface area contributed by atoms with E-state index in [0.29, 0.717) is 0 Å². The Hall–Kier alpha value is -2.78. The monoisotopic (exact) mass is 359 g/mol. The van der Waals surface area contributed by atoms with Gasteiger partial charge in [-0.15, -0.1) is 0 Å². The van der Waals surface area contributed by atoms with Crippen molar-refractivity contribution in [2.24, 2.45) is 0 Å². The summed E-state index contributed by atoms with van der Waals surface area (Å²) < 4.78 is 2.32. The number of hydrogen-bond acceptors (Lipinski definition) is 2. The second-order valence-corrected chi connectivity index (χ2v) is 7.14. The standard InChI is InChI=1S/C22H18ClN3/c23-17-12-10-16(11-13-17)21-14-19(15-6-2-1-3-7-15)25-22-24-18-8-4-5-9-20(18)26(21)22/h1-13,19,21H,14H2,(H,24,25)/t19-,21+/m1/s1. The highest BCUT2D eigenvalue weighted by Gasteiger charge is 2.30. The van der Waals surface area contributed by atoms with Crippen molar-refractivity contribution in [1.29, 1.82) is 0 Å². The zero-order valence-corrected chi connectivity index (χ0v) is 14.9. The fourth-order valence-electron chi connectivity index (χ4n) is 3.88. The van der Waals surface area contributed by atoms with E-state index in [2.05, 4.69) is 70.5 Å². The first-order valence-electron chi connectivity index (χ1n) is 8.83. The average Bonchev–Trinajstić information content (AvgIpc) is 3.07. The van der Waals surface area contributed by atoms with Gasteiger partial charge in [0.15, 0.2) is 0 Å². The maximum absolute atomic E-state index is 6.12. The summed E-state index contributed by atoms with van der Waals surface area (Å²) in [5, 5.41) is 4.40. The molecule has 3 nitrogen and oxygen atoms in total. The molecule has 2 atom stereocenters. The summed E-state index contributed by atoms with van der Waals surface area (Å²) in [5.41, 5.74) is 4.70. The van der Waals surface area contributed by atoms with Crippen LogP contribution in [0.4, 0.5) is 5.95 Å². The minimum atomic E-state index is 0.209. The van der Waals surface area contributed by atoms with E-state index in [1.165, 1.54) is 11.1 Å². The lowest BCUT2D eigenvalue weighted by Crippen LogP contribution is -2.27. The van der Waals surface area contributed by atoms with Gasteiger partial charge >= 0.3 is 0 Å². The van der Waals surface area contributed by atoms with Gasteiger partial charge in [0.1, 0.15) is 0 Å². The number of anilines is 1. The first-order chi connectivity index (χ1) is 12.8. The fourth-order valence-corrected chi connectivity index (χ4v) is 4.01. The van der Waals surface area contributed by atoms with Crippen LogP contribution in [0.2, 0.25) is 5.02 Å². The molecule has 1 N–H and O–H groups in total. The van der Waals surface area contributed by atoms with E-state index in [1.54, 1.807) is 0 Å². The zero-order valence-electron chi connectivity index (χ0n) is 14.1. The lowest BCUT2D eigenvalue weighted by Gasteiger charge is -2.33. The molecule has 0 amide bonds. The molecule has 0 aliphatic carbocycles. The number of rotatable bonds is 2. The van der Waals surface area contributed by atoms with E-state index in [-0.39, 0.29) is 12.1 Å². The van der Waals surface area contributed by atoms with Gasteiger partial charge in [-0.2, -0.15) is 0 Å². The van der Waals surface area contributed by atoms with Crippen LogP contribution in [0.15, 0.2) is 78.9 Å². The number of fused-ring (bicyclic) bond motifs is 3. The number of aromatic nitrogens is 2. The van der Waals surface area contributed by atoms with E-state index in [1.807, 2.05) is 18.2 Å². The van der Waals surface area contributed by atoms with Gasteiger partial charge < -0.3 is 9.88 Å².